The molecule has 0 radical (unpaired) electrons. The van der Waals surface area contributed by atoms with Crippen LogP contribution in [0.1, 0.15) is 93.2 Å². The van der Waals surface area contributed by atoms with Crippen LogP contribution in [0.5, 0.6) is 0 Å². The maximum atomic E-state index is 12.9. The molecule has 36 heavy (non-hydrogen) atoms. The standard InChI is InChI=1S/C28H38N6O2/c1-3-6-19(2)31-28-30-17-23-24(18-34(26(23)32-28)21-8-10-22(35)11-9-21)20-12-15-33(16-13-20)27(36)25-7-4-5-14-29-25/h4-5,7,14,17-22,35H,3,6,8-13,15-16H2,1-2H3,(H,30,31,32)/t19-,21?,22?/m0/s1. The summed E-state index contributed by atoms with van der Waals surface area (Å²) in [5, 5.41) is 14.6. The van der Waals surface area contributed by atoms with E-state index in [2.05, 4.69) is 39.9 Å². The largest absolute Gasteiger partial charge is 0.393 e. The van der Waals surface area contributed by atoms with Crippen LogP contribution in [0.4, 0.5) is 5.95 Å². The van der Waals surface area contributed by atoms with E-state index in [9.17, 15) is 9.90 Å². The van der Waals surface area contributed by atoms with E-state index in [4.69, 9.17) is 4.98 Å². The molecule has 2 N–H and O–H groups in total. The molecule has 8 heteroatoms. The summed E-state index contributed by atoms with van der Waals surface area (Å²) >= 11 is 0. The summed E-state index contributed by atoms with van der Waals surface area (Å²) in [7, 11) is 0. The predicted molar refractivity (Wildman–Crippen MR) is 141 cm³/mol. The highest BCUT2D eigenvalue weighted by Gasteiger charge is 2.30. The van der Waals surface area contributed by atoms with Crippen molar-refractivity contribution < 1.29 is 9.90 Å². The lowest BCUT2D eigenvalue weighted by Gasteiger charge is -2.32. The van der Waals surface area contributed by atoms with Crippen LogP contribution in [0, 0.1) is 0 Å². The van der Waals surface area contributed by atoms with Crippen molar-refractivity contribution in [3.63, 3.8) is 0 Å². The fraction of sp³-hybridized carbons (Fsp3) is 0.571. The van der Waals surface area contributed by atoms with Gasteiger partial charge in [-0.05, 0) is 75.5 Å². The van der Waals surface area contributed by atoms with E-state index in [1.807, 2.05) is 23.2 Å². The zero-order valence-corrected chi connectivity index (χ0v) is 21.4. The molecule has 1 atom stereocenters. The molecule has 3 aromatic rings. The van der Waals surface area contributed by atoms with Gasteiger partial charge in [0.2, 0.25) is 5.95 Å². The second-order valence-corrected chi connectivity index (χ2v) is 10.5. The number of aliphatic hydroxyl groups is 1. The van der Waals surface area contributed by atoms with E-state index in [1.165, 1.54) is 5.56 Å². The highest BCUT2D eigenvalue weighted by molar-refractivity contribution is 5.92. The van der Waals surface area contributed by atoms with Crippen LogP contribution >= 0.6 is 0 Å². The van der Waals surface area contributed by atoms with Crippen molar-refractivity contribution in [2.75, 3.05) is 18.4 Å². The molecule has 0 unspecified atom stereocenters. The minimum atomic E-state index is -0.190. The molecule has 1 amide bonds. The van der Waals surface area contributed by atoms with E-state index < -0.39 is 0 Å². The monoisotopic (exact) mass is 490 g/mol. The van der Waals surface area contributed by atoms with Gasteiger partial charge in [0, 0.05) is 49.1 Å². The van der Waals surface area contributed by atoms with E-state index in [1.54, 1.807) is 12.3 Å². The van der Waals surface area contributed by atoms with Crippen LogP contribution in [0.15, 0.2) is 36.8 Å². The first kappa shape index (κ1) is 24.7. The van der Waals surface area contributed by atoms with E-state index in [-0.39, 0.29) is 12.0 Å². The average molecular weight is 491 g/mol. The number of rotatable bonds is 7. The van der Waals surface area contributed by atoms with E-state index in [0.717, 1.165) is 75.5 Å². The number of carbonyl (C=O) groups excluding carboxylic acids is 1. The third-order valence-electron chi connectivity index (χ3n) is 7.87. The molecule has 2 aliphatic rings. The molecule has 5 rings (SSSR count). The maximum absolute atomic E-state index is 12.9. The molecule has 3 aromatic heterocycles. The number of nitrogens with one attached hydrogen (secondary N) is 1. The molecule has 8 nitrogen and oxygen atoms in total. The Bertz CT molecular complexity index is 1160. The molecule has 0 bridgehead atoms. The van der Waals surface area contributed by atoms with Gasteiger partial charge in [0.05, 0.1) is 6.10 Å². The number of nitrogens with zero attached hydrogens (tertiary/aromatic N) is 5. The van der Waals surface area contributed by atoms with Crippen molar-refractivity contribution in [1.82, 2.24) is 24.4 Å². The first-order chi connectivity index (χ1) is 17.5. The fourth-order valence-electron chi connectivity index (χ4n) is 5.83. The molecule has 0 aromatic carbocycles. The van der Waals surface area contributed by atoms with Crippen LogP contribution in [0.3, 0.4) is 0 Å². The van der Waals surface area contributed by atoms with Crippen molar-refractivity contribution in [1.29, 1.82) is 0 Å². The van der Waals surface area contributed by atoms with Gasteiger partial charge < -0.3 is 19.9 Å². The number of anilines is 1. The predicted octanol–water partition coefficient (Wildman–Crippen LogP) is 4.92. The fourth-order valence-corrected chi connectivity index (χ4v) is 5.83. The topological polar surface area (TPSA) is 96.2 Å². The van der Waals surface area contributed by atoms with Crippen molar-refractivity contribution in [2.45, 2.75) is 89.3 Å². The van der Waals surface area contributed by atoms with Crippen molar-refractivity contribution in [2.24, 2.45) is 0 Å². The Morgan fingerprint density at radius 3 is 2.61 bits per heavy atom. The quantitative estimate of drug-likeness (QED) is 0.488. The number of carbonyl (C=O) groups is 1. The number of piperidine rings is 1. The lowest BCUT2D eigenvalue weighted by molar-refractivity contribution is 0.0707. The summed E-state index contributed by atoms with van der Waals surface area (Å²) in [6, 6.07) is 6.14. The minimum absolute atomic E-state index is 0.0116. The summed E-state index contributed by atoms with van der Waals surface area (Å²) in [4.78, 5) is 28.7. The molecule has 2 fully saturated rings. The molecular weight excluding hydrogens is 452 g/mol. The summed E-state index contributed by atoms with van der Waals surface area (Å²) < 4.78 is 2.35. The molecule has 1 saturated heterocycles. The lowest BCUT2D eigenvalue weighted by Crippen LogP contribution is -2.38. The van der Waals surface area contributed by atoms with Gasteiger partial charge in [-0.15, -0.1) is 0 Å². The van der Waals surface area contributed by atoms with Gasteiger partial charge in [-0.2, -0.15) is 4.98 Å². The van der Waals surface area contributed by atoms with Gasteiger partial charge in [-0.3, -0.25) is 9.78 Å². The number of amides is 1. The van der Waals surface area contributed by atoms with Crippen LogP contribution < -0.4 is 5.32 Å². The Morgan fingerprint density at radius 1 is 1.14 bits per heavy atom. The summed E-state index contributed by atoms with van der Waals surface area (Å²) in [5.41, 5.74) is 2.78. The Morgan fingerprint density at radius 2 is 1.92 bits per heavy atom. The second kappa shape index (κ2) is 10.9. The Labute approximate surface area is 213 Å². The van der Waals surface area contributed by atoms with Gasteiger partial charge in [0.1, 0.15) is 11.3 Å². The SMILES string of the molecule is CCC[C@H](C)Nc1ncc2c(C3CCN(C(=O)c4ccccn4)CC3)cn(C3CCC(O)CC3)c2n1. The highest BCUT2D eigenvalue weighted by atomic mass is 16.3. The van der Waals surface area contributed by atoms with Crippen molar-refractivity contribution in [3.05, 3.63) is 48.0 Å². The van der Waals surface area contributed by atoms with E-state index >= 15 is 0 Å². The molecule has 1 aliphatic heterocycles. The Hall–Kier alpha value is -3.00. The van der Waals surface area contributed by atoms with Crippen molar-refractivity contribution >= 4 is 22.9 Å². The highest BCUT2D eigenvalue weighted by Crippen LogP contribution is 2.38. The van der Waals surface area contributed by atoms with Crippen LogP contribution in [0.25, 0.3) is 11.0 Å². The second-order valence-electron chi connectivity index (χ2n) is 10.5. The van der Waals surface area contributed by atoms with Gasteiger partial charge in [-0.1, -0.05) is 19.4 Å². The Balaban J connectivity index is 1.39. The molecule has 1 saturated carbocycles. The summed E-state index contributed by atoms with van der Waals surface area (Å²) in [5.74, 6) is 1.05. The maximum Gasteiger partial charge on any atom is 0.272 e. The number of aromatic nitrogens is 4. The van der Waals surface area contributed by atoms with E-state index in [0.29, 0.717) is 29.6 Å². The third kappa shape index (κ3) is 5.24. The molecule has 4 heterocycles. The number of hydrogen-bond acceptors (Lipinski definition) is 6. The summed E-state index contributed by atoms with van der Waals surface area (Å²) in [6.07, 6.45) is 13.3. The van der Waals surface area contributed by atoms with Crippen LogP contribution in [-0.4, -0.2) is 60.7 Å². The van der Waals surface area contributed by atoms with Gasteiger partial charge >= 0.3 is 0 Å². The number of fused-ring (bicyclic) bond motifs is 1. The molecule has 1 aliphatic carbocycles. The summed E-state index contributed by atoms with van der Waals surface area (Å²) in [6.45, 7) is 5.80. The lowest BCUT2D eigenvalue weighted by atomic mass is 9.89. The van der Waals surface area contributed by atoms with Crippen LogP contribution in [-0.2, 0) is 0 Å². The van der Waals surface area contributed by atoms with Gasteiger partial charge in [0.25, 0.3) is 5.91 Å². The molecule has 192 valence electrons. The number of likely N-dealkylation sites (tertiary alicyclic amines) is 1. The zero-order valence-electron chi connectivity index (χ0n) is 21.4. The van der Waals surface area contributed by atoms with Gasteiger partial charge in [-0.25, -0.2) is 4.98 Å². The number of aliphatic hydroxyl groups excluding tert-OH is 1. The average Bonchev–Trinajstić information content (AvgIpc) is 3.28. The van der Waals surface area contributed by atoms with Gasteiger partial charge in [0.15, 0.2) is 0 Å². The number of pyridine rings is 1. The molecular formula is C28H38N6O2. The minimum Gasteiger partial charge on any atom is -0.393 e. The normalized spacial score (nSPS) is 22.0. The first-order valence-electron chi connectivity index (χ1n) is 13.6. The first-order valence-corrected chi connectivity index (χ1v) is 13.6. The number of hydrogen-bond donors (Lipinski definition) is 2. The zero-order chi connectivity index (χ0) is 25.1. The Kier molecular flexibility index (Phi) is 7.51. The van der Waals surface area contributed by atoms with Crippen LogP contribution in [0.2, 0.25) is 0 Å². The third-order valence-corrected chi connectivity index (χ3v) is 7.87. The smallest absolute Gasteiger partial charge is 0.272 e. The molecule has 0 spiro atoms. The van der Waals surface area contributed by atoms with Crippen molar-refractivity contribution in [3.8, 4) is 0 Å².